The summed E-state index contributed by atoms with van der Waals surface area (Å²) in [5, 5.41) is 3.84. The van der Waals surface area contributed by atoms with Gasteiger partial charge in [-0.3, -0.25) is 0 Å². The Morgan fingerprint density at radius 1 is 1.33 bits per heavy atom. The maximum atomic E-state index is 6.15. The molecule has 3 nitrogen and oxygen atoms in total. The summed E-state index contributed by atoms with van der Waals surface area (Å²) in [4.78, 5) is 0. The molecule has 18 heavy (non-hydrogen) atoms. The third-order valence-electron chi connectivity index (χ3n) is 2.34. The van der Waals surface area contributed by atoms with Crippen molar-refractivity contribution in [2.24, 2.45) is 0 Å². The minimum absolute atomic E-state index is 0.115. The largest absolute Gasteiger partial charge is 0.489 e. The Hall–Kier alpha value is -1.61. The average molecular weight is 266 g/mol. The summed E-state index contributed by atoms with van der Waals surface area (Å²) in [6.07, 6.45) is 1.77. The number of furan rings is 1. The molecule has 1 aromatic carbocycles. The van der Waals surface area contributed by atoms with Gasteiger partial charge in [0.25, 0.3) is 0 Å². The molecule has 0 atom stereocenters. The maximum absolute atomic E-state index is 6.15. The minimum atomic E-state index is 0.115. The van der Waals surface area contributed by atoms with Crippen LogP contribution < -0.4 is 10.1 Å². The van der Waals surface area contributed by atoms with E-state index in [4.69, 9.17) is 20.8 Å². The molecular formula is C14H16ClNO2. The summed E-state index contributed by atoms with van der Waals surface area (Å²) >= 11 is 6.15. The van der Waals surface area contributed by atoms with Gasteiger partial charge >= 0.3 is 0 Å². The number of hydrogen-bond donors (Lipinski definition) is 1. The summed E-state index contributed by atoms with van der Waals surface area (Å²) < 4.78 is 10.8. The predicted molar refractivity (Wildman–Crippen MR) is 73.3 cm³/mol. The Bertz CT molecular complexity index is 495. The number of ether oxygens (including phenoxy) is 1. The first kappa shape index (κ1) is 12.8. The highest BCUT2D eigenvalue weighted by atomic mass is 35.5. The fourth-order valence-electron chi connectivity index (χ4n) is 1.56. The van der Waals surface area contributed by atoms with E-state index >= 15 is 0 Å². The Labute approximate surface area is 112 Å². The van der Waals surface area contributed by atoms with Crippen molar-refractivity contribution in [3.63, 3.8) is 0 Å². The van der Waals surface area contributed by atoms with Crippen molar-refractivity contribution >= 4 is 17.3 Å². The summed E-state index contributed by atoms with van der Waals surface area (Å²) in [5.74, 6) is 1.59. The van der Waals surface area contributed by atoms with Gasteiger partial charge in [0.1, 0.15) is 11.5 Å². The lowest BCUT2D eigenvalue weighted by Crippen LogP contribution is -2.06. The molecule has 1 aromatic heterocycles. The first-order chi connectivity index (χ1) is 8.65. The quantitative estimate of drug-likeness (QED) is 0.874. The highest BCUT2D eigenvalue weighted by Crippen LogP contribution is 2.28. The van der Waals surface area contributed by atoms with E-state index in [1.807, 2.05) is 44.2 Å². The van der Waals surface area contributed by atoms with Crippen LogP contribution in [0.15, 0.2) is 41.0 Å². The van der Waals surface area contributed by atoms with Gasteiger partial charge in [0, 0.05) is 5.69 Å². The molecule has 2 aromatic rings. The molecule has 0 saturated carbocycles. The van der Waals surface area contributed by atoms with Gasteiger partial charge in [-0.15, -0.1) is 0 Å². The predicted octanol–water partition coefficient (Wildman–Crippen LogP) is 4.33. The van der Waals surface area contributed by atoms with Crippen LogP contribution in [0.25, 0.3) is 0 Å². The Morgan fingerprint density at radius 2 is 2.17 bits per heavy atom. The summed E-state index contributed by atoms with van der Waals surface area (Å²) in [6.45, 7) is 4.58. The van der Waals surface area contributed by atoms with E-state index in [9.17, 15) is 0 Å². The third kappa shape index (κ3) is 3.44. The van der Waals surface area contributed by atoms with Gasteiger partial charge in [-0.05, 0) is 44.2 Å². The molecule has 0 bridgehead atoms. The number of hydrogen-bond acceptors (Lipinski definition) is 3. The molecule has 1 N–H and O–H groups in total. The van der Waals surface area contributed by atoms with E-state index in [0.717, 1.165) is 11.4 Å². The van der Waals surface area contributed by atoms with Crippen LogP contribution in [0.1, 0.15) is 19.6 Å². The molecule has 0 saturated heterocycles. The Kier molecular flexibility index (Phi) is 4.15. The van der Waals surface area contributed by atoms with Crippen molar-refractivity contribution in [1.82, 2.24) is 0 Å². The smallest absolute Gasteiger partial charge is 0.138 e. The minimum Gasteiger partial charge on any atom is -0.489 e. The zero-order valence-electron chi connectivity index (χ0n) is 10.4. The van der Waals surface area contributed by atoms with Gasteiger partial charge in [0.15, 0.2) is 0 Å². The van der Waals surface area contributed by atoms with Crippen molar-refractivity contribution < 1.29 is 9.15 Å². The molecule has 0 fully saturated rings. The highest BCUT2D eigenvalue weighted by Gasteiger charge is 2.05. The van der Waals surface area contributed by atoms with Crippen LogP contribution in [0, 0.1) is 0 Å². The molecule has 2 rings (SSSR count). The van der Waals surface area contributed by atoms with Crippen LogP contribution >= 0.6 is 11.6 Å². The van der Waals surface area contributed by atoms with Crippen molar-refractivity contribution in [3.8, 4) is 5.75 Å². The van der Waals surface area contributed by atoms with Crippen molar-refractivity contribution in [3.05, 3.63) is 47.4 Å². The van der Waals surface area contributed by atoms with Gasteiger partial charge in [-0.2, -0.15) is 0 Å². The Balaban J connectivity index is 2.00. The molecule has 0 spiro atoms. The zero-order chi connectivity index (χ0) is 13.0. The van der Waals surface area contributed by atoms with Crippen LogP contribution in [0.2, 0.25) is 5.02 Å². The Morgan fingerprint density at radius 3 is 2.78 bits per heavy atom. The van der Waals surface area contributed by atoms with E-state index < -0.39 is 0 Å². The van der Waals surface area contributed by atoms with Gasteiger partial charge < -0.3 is 14.5 Å². The molecular weight excluding hydrogens is 250 g/mol. The fraction of sp³-hybridized carbons (Fsp3) is 0.286. The number of nitrogens with one attached hydrogen (secondary N) is 1. The molecule has 96 valence electrons. The topological polar surface area (TPSA) is 34.4 Å². The van der Waals surface area contributed by atoms with Gasteiger partial charge in [0.2, 0.25) is 0 Å². The molecule has 1 heterocycles. The molecule has 0 amide bonds. The van der Waals surface area contributed by atoms with E-state index in [0.29, 0.717) is 17.3 Å². The van der Waals surface area contributed by atoms with Crippen LogP contribution in [-0.2, 0) is 6.54 Å². The van der Waals surface area contributed by atoms with E-state index in [1.54, 1.807) is 6.26 Å². The van der Waals surface area contributed by atoms with Gasteiger partial charge in [-0.25, -0.2) is 0 Å². The van der Waals surface area contributed by atoms with Gasteiger partial charge in [0.05, 0.1) is 23.9 Å². The number of halogens is 1. The fourth-order valence-corrected chi connectivity index (χ4v) is 1.79. The lowest BCUT2D eigenvalue weighted by atomic mass is 10.3. The van der Waals surface area contributed by atoms with Crippen LogP contribution in [0.4, 0.5) is 5.69 Å². The van der Waals surface area contributed by atoms with Crippen LogP contribution in [-0.4, -0.2) is 6.10 Å². The number of benzene rings is 1. The highest BCUT2D eigenvalue weighted by molar-refractivity contribution is 6.32. The molecule has 4 heteroatoms. The summed E-state index contributed by atoms with van der Waals surface area (Å²) in [5.41, 5.74) is 0.938. The van der Waals surface area contributed by atoms with Crippen LogP contribution in [0.3, 0.4) is 0 Å². The second kappa shape index (κ2) is 5.83. The summed E-state index contributed by atoms with van der Waals surface area (Å²) in [7, 11) is 0. The van der Waals surface area contributed by atoms with Crippen LogP contribution in [0.5, 0.6) is 5.75 Å². The van der Waals surface area contributed by atoms with Crippen molar-refractivity contribution in [2.45, 2.75) is 26.5 Å². The molecule has 0 radical (unpaired) electrons. The maximum Gasteiger partial charge on any atom is 0.138 e. The molecule has 0 aliphatic heterocycles. The second-order valence-corrected chi connectivity index (χ2v) is 4.65. The number of rotatable bonds is 5. The average Bonchev–Trinajstić information content (AvgIpc) is 2.82. The second-order valence-electron chi connectivity index (χ2n) is 4.24. The SMILES string of the molecule is CC(C)Oc1ccc(NCc2ccco2)cc1Cl. The molecule has 0 aliphatic rings. The number of anilines is 1. The summed E-state index contributed by atoms with van der Waals surface area (Å²) in [6, 6.07) is 9.44. The van der Waals surface area contributed by atoms with Gasteiger partial charge in [-0.1, -0.05) is 11.6 Å². The van der Waals surface area contributed by atoms with Crippen molar-refractivity contribution in [1.29, 1.82) is 0 Å². The molecule has 0 unspecified atom stereocenters. The normalized spacial score (nSPS) is 10.7. The third-order valence-corrected chi connectivity index (χ3v) is 2.64. The monoisotopic (exact) mass is 265 g/mol. The first-order valence-electron chi connectivity index (χ1n) is 5.87. The van der Waals surface area contributed by atoms with E-state index in [-0.39, 0.29) is 6.10 Å². The van der Waals surface area contributed by atoms with E-state index in [1.165, 1.54) is 0 Å². The van der Waals surface area contributed by atoms with Crippen molar-refractivity contribution in [2.75, 3.05) is 5.32 Å². The van der Waals surface area contributed by atoms with E-state index in [2.05, 4.69) is 5.32 Å². The first-order valence-corrected chi connectivity index (χ1v) is 6.25. The standard InChI is InChI=1S/C14H16ClNO2/c1-10(2)18-14-6-5-11(8-13(14)15)16-9-12-4-3-7-17-12/h3-8,10,16H,9H2,1-2H3. The lowest BCUT2D eigenvalue weighted by molar-refractivity contribution is 0.242. The molecule has 0 aliphatic carbocycles. The lowest BCUT2D eigenvalue weighted by Gasteiger charge is -2.12. The zero-order valence-corrected chi connectivity index (χ0v) is 11.2.